The standard InChI is InChI=1S/C19H20F2N6O3S/c20-14-4-1-3-12(17(14)21)15-11-13-18(24-26-19(13)25-23-15)22-16(28)5-2-6-27-7-9-31(29,30)10-8-27/h1,3-4,11H,2,5-10H2,(H2,22,24,25,26,28). The highest BCUT2D eigenvalue weighted by atomic mass is 32.2. The Bertz CT molecular complexity index is 1220. The number of anilines is 1. The first-order valence-corrected chi connectivity index (χ1v) is 11.5. The third-order valence-electron chi connectivity index (χ3n) is 5.12. The molecule has 1 amide bonds. The van der Waals surface area contributed by atoms with Gasteiger partial charge in [-0.15, -0.1) is 10.2 Å². The number of hydrogen-bond donors (Lipinski definition) is 2. The summed E-state index contributed by atoms with van der Waals surface area (Å²) >= 11 is 0. The topological polar surface area (TPSA) is 121 Å². The Morgan fingerprint density at radius 2 is 1.97 bits per heavy atom. The van der Waals surface area contributed by atoms with Gasteiger partial charge in [0.25, 0.3) is 0 Å². The summed E-state index contributed by atoms with van der Waals surface area (Å²) in [7, 11) is -2.93. The monoisotopic (exact) mass is 450 g/mol. The second-order valence-electron chi connectivity index (χ2n) is 7.31. The second kappa shape index (κ2) is 8.63. The summed E-state index contributed by atoms with van der Waals surface area (Å²) in [5.41, 5.74) is 0.364. The Morgan fingerprint density at radius 3 is 2.74 bits per heavy atom. The lowest BCUT2D eigenvalue weighted by atomic mass is 10.1. The van der Waals surface area contributed by atoms with Gasteiger partial charge in [0.15, 0.2) is 32.9 Å². The number of amides is 1. The molecule has 1 aliphatic rings. The molecule has 31 heavy (non-hydrogen) atoms. The zero-order valence-corrected chi connectivity index (χ0v) is 17.3. The lowest BCUT2D eigenvalue weighted by molar-refractivity contribution is -0.116. The zero-order valence-electron chi connectivity index (χ0n) is 16.4. The Kier molecular flexibility index (Phi) is 5.92. The molecule has 0 bridgehead atoms. The number of hydrogen-bond acceptors (Lipinski definition) is 7. The third-order valence-corrected chi connectivity index (χ3v) is 6.73. The van der Waals surface area contributed by atoms with Gasteiger partial charge in [0.2, 0.25) is 5.91 Å². The maximum absolute atomic E-state index is 14.1. The molecular weight excluding hydrogens is 430 g/mol. The number of carbonyl (C=O) groups excluding carboxylic acids is 1. The van der Waals surface area contributed by atoms with Crippen molar-refractivity contribution in [3.63, 3.8) is 0 Å². The number of carbonyl (C=O) groups is 1. The molecule has 164 valence electrons. The first kappa shape index (κ1) is 21.2. The van der Waals surface area contributed by atoms with Crippen molar-refractivity contribution < 1.29 is 22.0 Å². The van der Waals surface area contributed by atoms with E-state index in [0.29, 0.717) is 37.1 Å². The first-order valence-electron chi connectivity index (χ1n) is 9.71. The fourth-order valence-corrected chi connectivity index (χ4v) is 4.66. The maximum Gasteiger partial charge on any atom is 0.225 e. The van der Waals surface area contributed by atoms with Crippen molar-refractivity contribution in [1.82, 2.24) is 25.3 Å². The van der Waals surface area contributed by atoms with E-state index in [1.54, 1.807) is 0 Å². The van der Waals surface area contributed by atoms with Crippen molar-refractivity contribution in [2.75, 3.05) is 36.5 Å². The van der Waals surface area contributed by atoms with E-state index in [2.05, 4.69) is 25.7 Å². The SMILES string of the molecule is O=C(CCCN1CCS(=O)(=O)CC1)Nc1n[nH]c2nnc(-c3cccc(F)c3F)cc12. The largest absolute Gasteiger partial charge is 0.309 e. The average molecular weight is 450 g/mol. The summed E-state index contributed by atoms with van der Waals surface area (Å²) < 4.78 is 50.5. The molecule has 0 radical (unpaired) electrons. The van der Waals surface area contributed by atoms with Crippen molar-refractivity contribution in [3.8, 4) is 11.3 Å². The first-order chi connectivity index (χ1) is 14.8. The van der Waals surface area contributed by atoms with Crippen LogP contribution >= 0.6 is 0 Å². The van der Waals surface area contributed by atoms with Gasteiger partial charge < -0.3 is 10.2 Å². The minimum absolute atomic E-state index is 0.0450. The number of aromatic amines is 1. The van der Waals surface area contributed by atoms with Crippen LogP contribution in [0.1, 0.15) is 12.8 Å². The highest BCUT2D eigenvalue weighted by molar-refractivity contribution is 7.91. The molecule has 1 aromatic carbocycles. The third kappa shape index (κ3) is 4.85. The van der Waals surface area contributed by atoms with Gasteiger partial charge in [-0.25, -0.2) is 17.2 Å². The van der Waals surface area contributed by atoms with Gasteiger partial charge in [-0.1, -0.05) is 6.07 Å². The van der Waals surface area contributed by atoms with E-state index in [4.69, 9.17) is 0 Å². The molecule has 0 atom stereocenters. The summed E-state index contributed by atoms with van der Waals surface area (Å²) in [5, 5.41) is 17.6. The molecule has 0 unspecified atom stereocenters. The number of fused-ring (bicyclic) bond motifs is 1. The molecule has 2 N–H and O–H groups in total. The van der Waals surface area contributed by atoms with E-state index in [0.717, 1.165) is 6.07 Å². The van der Waals surface area contributed by atoms with Gasteiger partial charge in [0, 0.05) is 25.1 Å². The molecule has 12 heteroatoms. The van der Waals surface area contributed by atoms with E-state index < -0.39 is 21.5 Å². The fraction of sp³-hybridized carbons (Fsp3) is 0.368. The number of rotatable bonds is 6. The van der Waals surface area contributed by atoms with Crippen LogP contribution in [0.5, 0.6) is 0 Å². The van der Waals surface area contributed by atoms with E-state index in [9.17, 15) is 22.0 Å². The summed E-state index contributed by atoms with van der Waals surface area (Å²) in [5.74, 6) is -1.78. The van der Waals surface area contributed by atoms with Gasteiger partial charge in [-0.05, 0) is 31.2 Å². The maximum atomic E-state index is 14.1. The van der Waals surface area contributed by atoms with Crippen LogP contribution < -0.4 is 5.32 Å². The van der Waals surface area contributed by atoms with E-state index in [1.807, 2.05) is 4.90 Å². The zero-order chi connectivity index (χ0) is 22.0. The van der Waals surface area contributed by atoms with Crippen LogP contribution in [0, 0.1) is 11.6 Å². The normalized spacial score (nSPS) is 16.5. The van der Waals surface area contributed by atoms with Crippen LogP contribution in [0.3, 0.4) is 0 Å². The van der Waals surface area contributed by atoms with Gasteiger partial charge in [-0.2, -0.15) is 5.10 Å². The van der Waals surface area contributed by atoms with Crippen LogP contribution in [-0.2, 0) is 14.6 Å². The summed E-state index contributed by atoms with van der Waals surface area (Å²) in [4.78, 5) is 14.3. The van der Waals surface area contributed by atoms with Crippen LogP contribution in [-0.4, -0.2) is 70.8 Å². The molecule has 4 rings (SSSR count). The van der Waals surface area contributed by atoms with Gasteiger partial charge in [0.05, 0.1) is 22.6 Å². The minimum Gasteiger partial charge on any atom is -0.309 e. The molecular formula is C19H20F2N6O3S. The molecule has 2 aromatic heterocycles. The van der Waals surface area contributed by atoms with Crippen molar-refractivity contribution in [3.05, 3.63) is 35.9 Å². The average Bonchev–Trinajstić information content (AvgIpc) is 3.13. The van der Waals surface area contributed by atoms with Crippen LogP contribution in [0.4, 0.5) is 14.6 Å². The van der Waals surface area contributed by atoms with Crippen molar-refractivity contribution in [1.29, 1.82) is 0 Å². The highest BCUT2D eigenvalue weighted by Gasteiger charge is 2.21. The number of halogens is 2. The second-order valence-corrected chi connectivity index (χ2v) is 9.61. The predicted octanol–water partition coefficient (Wildman–Crippen LogP) is 1.75. The molecule has 0 saturated carbocycles. The lowest BCUT2D eigenvalue weighted by Crippen LogP contribution is -2.40. The van der Waals surface area contributed by atoms with Crippen molar-refractivity contribution in [2.24, 2.45) is 0 Å². The number of sulfone groups is 1. The Labute approximate surface area is 176 Å². The van der Waals surface area contributed by atoms with E-state index in [1.165, 1.54) is 18.2 Å². The molecule has 0 spiro atoms. The number of aromatic nitrogens is 4. The van der Waals surface area contributed by atoms with Crippen LogP contribution in [0.15, 0.2) is 24.3 Å². The summed E-state index contributed by atoms with van der Waals surface area (Å²) in [6.07, 6.45) is 0.787. The van der Waals surface area contributed by atoms with Crippen LogP contribution in [0.2, 0.25) is 0 Å². The molecule has 3 heterocycles. The van der Waals surface area contributed by atoms with Crippen LogP contribution in [0.25, 0.3) is 22.3 Å². The van der Waals surface area contributed by atoms with Gasteiger partial charge in [0.1, 0.15) is 0 Å². The Hall–Kier alpha value is -2.99. The van der Waals surface area contributed by atoms with E-state index >= 15 is 0 Å². The molecule has 0 aliphatic carbocycles. The quantitative estimate of drug-likeness (QED) is 0.587. The van der Waals surface area contributed by atoms with Gasteiger partial charge >= 0.3 is 0 Å². The molecule has 1 fully saturated rings. The summed E-state index contributed by atoms with van der Waals surface area (Å²) in [6.45, 7) is 1.58. The molecule has 1 aliphatic heterocycles. The Morgan fingerprint density at radius 1 is 1.19 bits per heavy atom. The van der Waals surface area contributed by atoms with Crippen molar-refractivity contribution >= 4 is 32.6 Å². The number of benzene rings is 1. The number of nitrogens with one attached hydrogen (secondary N) is 2. The van der Waals surface area contributed by atoms with E-state index in [-0.39, 0.29) is 40.9 Å². The smallest absolute Gasteiger partial charge is 0.225 e. The fourth-order valence-electron chi connectivity index (χ4n) is 3.38. The van der Waals surface area contributed by atoms with Crippen molar-refractivity contribution in [2.45, 2.75) is 12.8 Å². The molecule has 9 nitrogen and oxygen atoms in total. The predicted molar refractivity (Wildman–Crippen MR) is 110 cm³/mol. The molecule has 3 aromatic rings. The lowest BCUT2D eigenvalue weighted by Gasteiger charge is -2.26. The number of H-pyrrole nitrogens is 1. The molecule has 1 saturated heterocycles. The minimum atomic E-state index is -2.93. The highest BCUT2D eigenvalue weighted by Crippen LogP contribution is 2.27. The van der Waals surface area contributed by atoms with Gasteiger partial charge in [-0.3, -0.25) is 9.89 Å². The summed E-state index contributed by atoms with van der Waals surface area (Å²) in [6, 6.07) is 5.25. The number of nitrogens with zero attached hydrogens (tertiary/aromatic N) is 4. The Balaban J connectivity index is 1.40.